The van der Waals surface area contributed by atoms with E-state index in [1.807, 2.05) is 50.2 Å². The van der Waals surface area contributed by atoms with Gasteiger partial charge in [-0.25, -0.2) is 0 Å². The van der Waals surface area contributed by atoms with Gasteiger partial charge in [-0.15, -0.1) is 0 Å². The van der Waals surface area contributed by atoms with Crippen LogP contribution in [0.5, 0.6) is 5.75 Å². The van der Waals surface area contributed by atoms with Crippen molar-refractivity contribution in [2.45, 2.75) is 33.4 Å². The summed E-state index contributed by atoms with van der Waals surface area (Å²) in [6.45, 7) is 6.88. The maximum absolute atomic E-state index is 5.98. The molecule has 0 aliphatic carbocycles. The summed E-state index contributed by atoms with van der Waals surface area (Å²) in [6.07, 6.45) is 0.162. The number of anilines is 1. The van der Waals surface area contributed by atoms with Gasteiger partial charge in [-0.1, -0.05) is 29.8 Å². The Labute approximate surface area is 125 Å². The van der Waals surface area contributed by atoms with Gasteiger partial charge < -0.3 is 10.1 Å². The van der Waals surface area contributed by atoms with E-state index >= 15 is 0 Å². The van der Waals surface area contributed by atoms with E-state index < -0.39 is 0 Å². The molecule has 20 heavy (non-hydrogen) atoms. The highest BCUT2D eigenvalue weighted by molar-refractivity contribution is 6.30. The topological polar surface area (TPSA) is 21.3 Å². The Morgan fingerprint density at radius 2 is 1.90 bits per heavy atom. The quantitative estimate of drug-likeness (QED) is 0.832. The molecule has 0 unspecified atom stereocenters. The third kappa shape index (κ3) is 3.91. The lowest BCUT2D eigenvalue weighted by atomic mass is 10.1. The molecule has 0 spiro atoms. The zero-order chi connectivity index (χ0) is 14.5. The molecular weight excluding hydrogens is 270 g/mol. The van der Waals surface area contributed by atoms with Crippen LogP contribution in [0.3, 0.4) is 0 Å². The summed E-state index contributed by atoms with van der Waals surface area (Å²) in [6, 6.07) is 14.0. The predicted octanol–water partition coefficient (Wildman–Crippen LogP) is 5.05. The van der Waals surface area contributed by atoms with E-state index in [0.29, 0.717) is 0 Å². The largest absolute Gasteiger partial charge is 0.489 e. The molecule has 0 aromatic heterocycles. The third-order valence-electron chi connectivity index (χ3n) is 3.02. The van der Waals surface area contributed by atoms with Crippen molar-refractivity contribution in [1.82, 2.24) is 0 Å². The fourth-order valence-corrected chi connectivity index (χ4v) is 2.24. The minimum atomic E-state index is 0.162. The Morgan fingerprint density at radius 1 is 1.15 bits per heavy atom. The number of rotatable bonds is 5. The first kappa shape index (κ1) is 14.7. The van der Waals surface area contributed by atoms with Gasteiger partial charge in [-0.2, -0.15) is 0 Å². The van der Waals surface area contributed by atoms with E-state index in [0.717, 1.165) is 23.0 Å². The van der Waals surface area contributed by atoms with Gasteiger partial charge in [0.05, 0.1) is 11.8 Å². The number of ether oxygens (including phenoxy) is 1. The molecule has 2 nitrogen and oxygen atoms in total. The number of para-hydroxylation sites is 2. The molecule has 0 bridgehead atoms. The molecule has 3 heteroatoms. The van der Waals surface area contributed by atoms with Crippen molar-refractivity contribution < 1.29 is 4.74 Å². The zero-order valence-corrected chi connectivity index (χ0v) is 12.9. The molecule has 0 atom stereocenters. The number of benzene rings is 2. The van der Waals surface area contributed by atoms with Crippen molar-refractivity contribution in [2.24, 2.45) is 0 Å². The lowest BCUT2D eigenvalue weighted by Crippen LogP contribution is -2.09. The van der Waals surface area contributed by atoms with Crippen molar-refractivity contribution in [2.75, 3.05) is 5.32 Å². The summed E-state index contributed by atoms with van der Waals surface area (Å²) in [7, 11) is 0. The summed E-state index contributed by atoms with van der Waals surface area (Å²) in [5.41, 5.74) is 3.43. The SMILES string of the molecule is Cc1cc(Cl)ccc1CNc1ccccc1OC(C)C. The Balaban J connectivity index is 2.10. The summed E-state index contributed by atoms with van der Waals surface area (Å²) in [5.74, 6) is 0.883. The molecule has 0 amide bonds. The van der Waals surface area contributed by atoms with Crippen LogP contribution in [0, 0.1) is 6.92 Å². The first-order valence-electron chi connectivity index (χ1n) is 6.81. The molecule has 0 heterocycles. The van der Waals surface area contributed by atoms with E-state index in [4.69, 9.17) is 16.3 Å². The molecule has 2 aromatic rings. The van der Waals surface area contributed by atoms with Crippen molar-refractivity contribution in [3.8, 4) is 5.75 Å². The number of nitrogens with one attached hydrogen (secondary N) is 1. The molecule has 1 N–H and O–H groups in total. The molecule has 0 aliphatic rings. The van der Waals surface area contributed by atoms with Gasteiger partial charge >= 0.3 is 0 Å². The average Bonchev–Trinajstić information content (AvgIpc) is 2.39. The van der Waals surface area contributed by atoms with Gasteiger partial charge in [0.15, 0.2) is 0 Å². The normalized spacial score (nSPS) is 10.7. The monoisotopic (exact) mass is 289 g/mol. The molecule has 106 valence electrons. The second-order valence-corrected chi connectivity index (χ2v) is 5.52. The molecule has 2 aromatic carbocycles. The van der Waals surface area contributed by atoms with Crippen molar-refractivity contribution in [1.29, 1.82) is 0 Å². The van der Waals surface area contributed by atoms with E-state index in [2.05, 4.69) is 18.3 Å². The fraction of sp³-hybridized carbons (Fsp3) is 0.294. The van der Waals surface area contributed by atoms with Crippen LogP contribution in [0.1, 0.15) is 25.0 Å². The molecule has 0 fully saturated rings. The third-order valence-corrected chi connectivity index (χ3v) is 3.26. The first-order chi connectivity index (χ1) is 9.56. The fourth-order valence-electron chi connectivity index (χ4n) is 2.02. The Hall–Kier alpha value is -1.67. The van der Waals surface area contributed by atoms with Crippen LogP contribution in [0.15, 0.2) is 42.5 Å². The van der Waals surface area contributed by atoms with Gasteiger partial charge in [0.1, 0.15) is 5.75 Å². The van der Waals surface area contributed by atoms with Gasteiger partial charge in [-0.3, -0.25) is 0 Å². The van der Waals surface area contributed by atoms with E-state index in [-0.39, 0.29) is 6.10 Å². The van der Waals surface area contributed by atoms with Crippen LogP contribution >= 0.6 is 11.6 Å². The van der Waals surface area contributed by atoms with Crippen LogP contribution in [0.4, 0.5) is 5.69 Å². The van der Waals surface area contributed by atoms with E-state index in [9.17, 15) is 0 Å². The Bertz CT molecular complexity index is 581. The summed E-state index contributed by atoms with van der Waals surface area (Å²) < 4.78 is 5.80. The first-order valence-corrected chi connectivity index (χ1v) is 7.18. The molecule has 0 saturated heterocycles. The number of halogens is 1. The van der Waals surface area contributed by atoms with Gasteiger partial charge in [0.25, 0.3) is 0 Å². The van der Waals surface area contributed by atoms with Crippen molar-refractivity contribution in [3.63, 3.8) is 0 Å². The van der Waals surface area contributed by atoms with E-state index in [1.54, 1.807) is 0 Å². The highest BCUT2D eigenvalue weighted by atomic mass is 35.5. The van der Waals surface area contributed by atoms with Crippen LogP contribution in [-0.2, 0) is 6.54 Å². The maximum Gasteiger partial charge on any atom is 0.142 e. The van der Waals surface area contributed by atoms with Crippen molar-refractivity contribution >= 4 is 17.3 Å². The smallest absolute Gasteiger partial charge is 0.142 e. The lowest BCUT2D eigenvalue weighted by molar-refractivity contribution is 0.243. The zero-order valence-electron chi connectivity index (χ0n) is 12.1. The van der Waals surface area contributed by atoms with Crippen LogP contribution in [0.25, 0.3) is 0 Å². The molecule has 0 radical (unpaired) electrons. The highest BCUT2D eigenvalue weighted by Crippen LogP contribution is 2.26. The number of hydrogen-bond donors (Lipinski definition) is 1. The summed E-state index contributed by atoms with van der Waals surface area (Å²) in [5, 5.41) is 4.20. The molecule has 0 saturated carbocycles. The van der Waals surface area contributed by atoms with Gasteiger partial charge in [-0.05, 0) is 56.2 Å². The minimum absolute atomic E-state index is 0.162. The Morgan fingerprint density at radius 3 is 2.60 bits per heavy atom. The summed E-state index contributed by atoms with van der Waals surface area (Å²) in [4.78, 5) is 0. The second-order valence-electron chi connectivity index (χ2n) is 5.09. The second kappa shape index (κ2) is 6.67. The standard InChI is InChI=1S/C17H20ClNO/c1-12(2)20-17-7-5-4-6-16(17)19-11-14-8-9-15(18)10-13(14)3/h4-10,12,19H,11H2,1-3H3. The van der Waals surface area contributed by atoms with Gasteiger partial charge in [0.2, 0.25) is 0 Å². The summed E-state index contributed by atoms with van der Waals surface area (Å²) >= 11 is 5.98. The molecule has 2 rings (SSSR count). The number of aryl methyl sites for hydroxylation is 1. The molecule has 0 aliphatic heterocycles. The Kier molecular flexibility index (Phi) is 4.91. The van der Waals surface area contributed by atoms with Crippen molar-refractivity contribution in [3.05, 3.63) is 58.6 Å². The van der Waals surface area contributed by atoms with Crippen LogP contribution in [-0.4, -0.2) is 6.10 Å². The van der Waals surface area contributed by atoms with Gasteiger partial charge in [0, 0.05) is 11.6 Å². The van der Waals surface area contributed by atoms with Crippen LogP contribution < -0.4 is 10.1 Å². The lowest BCUT2D eigenvalue weighted by Gasteiger charge is -2.16. The maximum atomic E-state index is 5.98. The predicted molar refractivity (Wildman–Crippen MR) is 85.7 cm³/mol. The average molecular weight is 290 g/mol. The minimum Gasteiger partial charge on any atom is -0.489 e. The highest BCUT2D eigenvalue weighted by Gasteiger charge is 2.05. The molecular formula is C17H20ClNO. The van der Waals surface area contributed by atoms with E-state index in [1.165, 1.54) is 11.1 Å². The number of hydrogen-bond acceptors (Lipinski definition) is 2. The van der Waals surface area contributed by atoms with Crippen LogP contribution in [0.2, 0.25) is 5.02 Å².